The van der Waals surface area contributed by atoms with Crippen molar-refractivity contribution in [3.05, 3.63) is 52.0 Å². The van der Waals surface area contributed by atoms with Crippen molar-refractivity contribution in [2.24, 2.45) is 0 Å². The number of carbonyl (C=O) groups excluding carboxylic acids is 1. The van der Waals surface area contributed by atoms with Gasteiger partial charge in [0.2, 0.25) is 0 Å². The van der Waals surface area contributed by atoms with Crippen molar-refractivity contribution >= 4 is 50.4 Å². The molecule has 0 aliphatic heterocycles. The van der Waals surface area contributed by atoms with Gasteiger partial charge in [-0.1, -0.05) is 24.9 Å². The molecule has 0 saturated heterocycles. The van der Waals surface area contributed by atoms with Gasteiger partial charge < -0.3 is 11.1 Å². The highest BCUT2D eigenvalue weighted by molar-refractivity contribution is 7.21. The number of hydrogen-bond donors (Lipinski definition) is 2. The molecular formula is C17H16ClN3OS. The van der Waals surface area contributed by atoms with Crippen LogP contribution < -0.4 is 11.1 Å². The average molecular weight is 346 g/mol. The summed E-state index contributed by atoms with van der Waals surface area (Å²) in [5.74, 6) is -0.232. The van der Waals surface area contributed by atoms with E-state index in [4.69, 9.17) is 17.3 Å². The number of thiophene rings is 1. The summed E-state index contributed by atoms with van der Waals surface area (Å²) < 4.78 is 0. The number of amides is 1. The molecule has 0 spiro atoms. The number of nitrogens with one attached hydrogen (secondary N) is 1. The lowest BCUT2D eigenvalue weighted by atomic mass is 10.2. The number of fused-ring (bicyclic) bond motifs is 1. The van der Waals surface area contributed by atoms with E-state index in [1.54, 1.807) is 24.3 Å². The number of benzene rings is 1. The van der Waals surface area contributed by atoms with Crippen molar-refractivity contribution in [3.63, 3.8) is 0 Å². The van der Waals surface area contributed by atoms with Crippen molar-refractivity contribution in [1.29, 1.82) is 0 Å². The molecule has 1 amide bonds. The molecule has 3 aromatic rings. The summed E-state index contributed by atoms with van der Waals surface area (Å²) in [5.41, 5.74) is 8.30. The van der Waals surface area contributed by atoms with Crippen LogP contribution in [0.25, 0.3) is 10.2 Å². The Hall–Kier alpha value is -2.11. The summed E-state index contributed by atoms with van der Waals surface area (Å²) in [5, 5.41) is 4.28. The Bertz CT molecular complexity index is 858. The van der Waals surface area contributed by atoms with Gasteiger partial charge >= 0.3 is 0 Å². The minimum atomic E-state index is -0.232. The molecule has 0 fully saturated rings. The minimum Gasteiger partial charge on any atom is -0.397 e. The lowest BCUT2D eigenvalue weighted by Gasteiger charge is -2.04. The van der Waals surface area contributed by atoms with Gasteiger partial charge in [-0.3, -0.25) is 4.79 Å². The van der Waals surface area contributed by atoms with Gasteiger partial charge in [-0.15, -0.1) is 11.3 Å². The predicted molar refractivity (Wildman–Crippen MR) is 97.4 cm³/mol. The number of hydrogen-bond acceptors (Lipinski definition) is 4. The maximum Gasteiger partial charge on any atom is 0.267 e. The third kappa shape index (κ3) is 3.30. The number of pyridine rings is 1. The fourth-order valence-electron chi connectivity index (χ4n) is 2.32. The molecule has 0 radical (unpaired) electrons. The zero-order valence-corrected chi connectivity index (χ0v) is 14.2. The van der Waals surface area contributed by atoms with E-state index in [0.29, 0.717) is 21.3 Å². The van der Waals surface area contributed by atoms with Crippen LogP contribution in [0, 0.1) is 0 Å². The predicted octanol–water partition coefficient (Wildman–Crippen LogP) is 4.74. The monoisotopic (exact) mass is 345 g/mol. The maximum absolute atomic E-state index is 12.5. The zero-order chi connectivity index (χ0) is 16.4. The molecule has 3 rings (SSSR count). The van der Waals surface area contributed by atoms with Gasteiger partial charge in [-0.25, -0.2) is 4.98 Å². The van der Waals surface area contributed by atoms with Crippen LogP contribution in [-0.2, 0) is 6.42 Å². The summed E-state index contributed by atoms with van der Waals surface area (Å²) in [7, 11) is 0. The molecule has 0 aliphatic carbocycles. The Morgan fingerprint density at radius 2 is 2.00 bits per heavy atom. The molecule has 1 aromatic carbocycles. The van der Waals surface area contributed by atoms with E-state index in [0.717, 1.165) is 28.8 Å². The van der Waals surface area contributed by atoms with Crippen molar-refractivity contribution in [1.82, 2.24) is 4.98 Å². The molecule has 2 heterocycles. The summed E-state index contributed by atoms with van der Waals surface area (Å²) in [4.78, 5) is 18.3. The SMILES string of the molecule is CCCc1ccc2c(N)c(C(=O)Nc3ccc(Cl)cc3)sc2n1. The number of halogens is 1. The smallest absolute Gasteiger partial charge is 0.267 e. The van der Waals surface area contributed by atoms with Crippen LogP contribution in [-0.4, -0.2) is 10.9 Å². The Labute approximate surface area is 143 Å². The first-order valence-electron chi connectivity index (χ1n) is 7.33. The Kier molecular flexibility index (Phi) is 4.50. The van der Waals surface area contributed by atoms with E-state index in [9.17, 15) is 4.79 Å². The molecule has 0 bridgehead atoms. The molecule has 3 N–H and O–H groups in total. The highest BCUT2D eigenvalue weighted by Gasteiger charge is 2.17. The van der Waals surface area contributed by atoms with E-state index >= 15 is 0 Å². The number of aryl methyl sites for hydroxylation is 1. The molecule has 0 saturated carbocycles. The fraction of sp³-hybridized carbons (Fsp3) is 0.176. The van der Waals surface area contributed by atoms with Crippen LogP contribution in [0.2, 0.25) is 5.02 Å². The molecule has 0 aliphatic rings. The molecule has 23 heavy (non-hydrogen) atoms. The standard InChI is InChI=1S/C17H16ClN3OS/c1-2-3-11-8-9-13-14(19)15(23-17(13)21-11)16(22)20-12-6-4-10(18)5-7-12/h4-9H,2-3,19H2,1H3,(H,20,22). The first kappa shape index (κ1) is 15.8. The first-order valence-corrected chi connectivity index (χ1v) is 8.52. The van der Waals surface area contributed by atoms with Gasteiger partial charge in [0.15, 0.2) is 0 Å². The van der Waals surface area contributed by atoms with Gasteiger partial charge in [0.25, 0.3) is 5.91 Å². The van der Waals surface area contributed by atoms with E-state index in [1.807, 2.05) is 12.1 Å². The van der Waals surface area contributed by atoms with E-state index in [-0.39, 0.29) is 5.91 Å². The van der Waals surface area contributed by atoms with Gasteiger partial charge in [0.05, 0.1) is 5.69 Å². The van der Waals surface area contributed by atoms with Crippen LogP contribution in [0.15, 0.2) is 36.4 Å². The second-order valence-electron chi connectivity index (χ2n) is 5.21. The highest BCUT2D eigenvalue weighted by atomic mass is 35.5. The lowest BCUT2D eigenvalue weighted by Crippen LogP contribution is -2.11. The Morgan fingerprint density at radius 1 is 1.26 bits per heavy atom. The van der Waals surface area contributed by atoms with Crippen LogP contribution in [0.4, 0.5) is 11.4 Å². The van der Waals surface area contributed by atoms with Crippen LogP contribution in [0.5, 0.6) is 0 Å². The van der Waals surface area contributed by atoms with E-state index < -0.39 is 0 Å². The maximum atomic E-state index is 12.5. The van der Waals surface area contributed by atoms with Gasteiger partial charge in [0.1, 0.15) is 9.71 Å². The summed E-state index contributed by atoms with van der Waals surface area (Å²) in [6, 6.07) is 10.9. The topological polar surface area (TPSA) is 68.0 Å². The number of carbonyl (C=O) groups is 1. The summed E-state index contributed by atoms with van der Waals surface area (Å²) >= 11 is 7.17. The largest absolute Gasteiger partial charge is 0.397 e. The first-order chi connectivity index (χ1) is 11.1. The number of nitrogens with zero attached hydrogens (tertiary/aromatic N) is 1. The summed E-state index contributed by atoms with van der Waals surface area (Å²) in [6.45, 7) is 2.11. The van der Waals surface area contributed by atoms with Crippen LogP contribution in [0.1, 0.15) is 28.7 Å². The molecule has 0 atom stereocenters. The average Bonchev–Trinajstić information content (AvgIpc) is 2.87. The lowest BCUT2D eigenvalue weighted by molar-refractivity contribution is 0.103. The van der Waals surface area contributed by atoms with Crippen molar-refractivity contribution in [2.75, 3.05) is 11.1 Å². The van der Waals surface area contributed by atoms with Crippen molar-refractivity contribution in [3.8, 4) is 0 Å². The van der Waals surface area contributed by atoms with Crippen LogP contribution in [0.3, 0.4) is 0 Å². The van der Waals surface area contributed by atoms with Crippen LogP contribution >= 0.6 is 22.9 Å². The molecule has 2 aromatic heterocycles. The van der Waals surface area contributed by atoms with Crippen molar-refractivity contribution in [2.45, 2.75) is 19.8 Å². The minimum absolute atomic E-state index is 0.232. The van der Waals surface area contributed by atoms with E-state index in [1.165, 1.54) is 11.3 Å². The van der Waals surface area contributed by atoms with Gasteiger partial charge in [-0.05, 0) is 42.8 Å². The Morgan fingerprint density at radius 3 is 2.70 bits per heavy atom. The second kappa shape index (κ2) is 6.56. The molecule has 4 nitrogen and oxygen atoms in total. The number of aromatic nitrogens is 1. The number of nitrogens with two attached hydrogens (primary N) is 1. The summed E-state index contributed by atoms with van der Waals surface area (Å²) in [6.07, 6.45) is 1.95. The molecule has 0 unspecified atom stereocenters. The fourth-order valence-corrected chi connectivity index (χ4v) is 3.45. The van der Waals surface area contributed by atoms with Gasteiger partial charge in [-0.2, -0.15) is 0 Å². The molecule has 118 valence electrons. The quantitative estimate of drug-likeness (QED) is 0.717. The second-order valence-corrected chi connectivity index (χ2v) is 6.65. The normalized spacial score (nSPS) is 10.9. The third-order valence-electron chi connectivity index (χ3n) is 3.47. The highest BCUT2D eigenvalue weighted by Crippen LogP contribution is 2.33. The zero-order valence-electron chi connectivity index (χ0n) is 12.6. The van der Waals surface area contributed by atoms with E-state index in [2.05, 4.69) is 17.2 Å². The number of rotatable bonds is 4. The molecule has 6 heteroatoms. The Balaban J connectivity index is 1.90. The number of nitrogen functional groups attached to an aromatic ring is 1. The third-order valence-corrected chi connectivity index (χ3v) is 4.83. The molecular weight excluding hydrogens is 330 g/mol. The van der Waals surface area contributed by atoms with Gasteiger partial charge in [0, 0.05) is 21.8 Å². The van der Waals surface area contributed by atoms with Crippen molar-refractivity contribution < 1.29 is 4.79 Å². The number of anilines is 2.